The quantitative estimate of drug-likeness (QED) is 0.613. The maximum absolute atomic E-state index is 6.22. The van der Waals surface area contributed by atoms with E-state index >= 15 is 0 Å². The second-order valence-electron chi connectivity index (χ2n) is 6.37. The third kappa shape index (κ3) is 4.29. The summed E-state index contributed by atoms with van der Waals surface area (Å²) in [5.41, 5.74) is 5.31. The van der Waals surface area contributed by atoms with E-state index in [9.17, 15) is 0 Å². The Labute approximate surface area is 154 Å². The van der Waals surface area contributed by atoms with Crippen molar-refractivity contribution in [1.82, 2.24) is 4.98 Å². The average Bonchev–Trinajstić information content (AvgIpc) is 2.52. The van der Waals surface area contributed by atoms with Crippen LogP contribution in [0, 0.1) is 27.7 Å². The van der Waals surface area contributed by atoms with Crippen molar-refractivity contribution in [3.8, 4) is 11.6 Å². The Morgan fingerprint density at radius 1 is 1.04 bits per heavy atom. The Bertz CT molecular complexity index is 701. The summed E-state index contributed by atoms with van der Waals surface area (Å²) in [5, 5.41) is 3.62. The van der Waals surface area contributed by atoms with Gasteiger partial charge in [0.05, 0.1) is 0 Å². The summed E-state index contributed by atoms with van der Waals surface area (Å²) >= 11 is 3.53. The lowest BCUT2D eigenvalue weighted by Gasteiger charge is -2.20. The molecule has 0 atom stereocenters. The van der Waals surface area contributed by atoms with Crippen molar-refractivity contribution >= 4 is 21.6 Å². The largest absolute Gasteiger partial charge is 0.438 e. The number of hydrogen-bond donors (Lipinski definition) is 1. The van der Waals surface area contributed by atoms with Gasteiger partial charge in [-0.25, -0.2) is 4.98 Å². The van der Waals surface area contributed by atoms with Crippen molar-refractivity contribution in [3.05, 3.63) is 45.1 Å². The van der Waals surface area contributed by atoms with E-state index < -0.39 is 0 Å². The Hall–Kier alpha value is -1.55. The summed E-state index contributed by atoms with van der Waals surface area (Å²) in [4.78, 5) is 4.62. The molecular formula is C20H27BrN2O. The van der Waals surface area contributed by atoms with Crippen molar-refractivity contribution in [2.24, 2.45) is 0 Å². The van der Waals surface area contributed by atoms with Gasteiger partial charge in [0.1, 0.15) is 5.75 Å². The minimum atomic E-state index is 0.467. The minimum Gasteiger partial charge on any atom is -0.438 e. The molecular weight excluding hydrogens is 364 g/mol. The van der Waals surface area contributed by atoms with Gasteiger partial charge in [0.25, 0.3) is 0 Å². The normalized spacial score (nSPS) is 11.0. The molecule has 3 nitrogen and oxygen atoms in total. The van der Waals surface area contributed by atoms with Crippen molar-refractivity contribution < 1.29 is 4.74 Å². The fraction of sp³-hybridized carbons (Fsp3) is 0.450. The molecule has 0 spiro atoms. The molecule has 0 aliphatic rings. The fourth-order valence-corrected chi connectivity index (χ4v) is 3.51. The standard InChI is InChI=1S/C20H27BrN2O/c1-7-17(8-2)23-18-11-14(5)22-20(15(18)6)24-19-12(3)9-16(21)10-13(19)4/h9-11,17H,7-8H2,1-6H3,(H,22,23). The Morgan fingerprint density at radius 2 is 1.62 bits per heavy atom. The lowest BCUT2D eigenvalue weighted by molar-refractivity contribution is 0.451. The fourth-order valence-electron chi connectivity index (χ4n) is 2.83. The zero-order chi connectivity index (χ0) is 17.9. The second kappa shape index (κ2) is 8.02. The lowest BCUT2D eigenvalue weighted by atomic mass is 10.1. The van der Waals surface area contributed by atoms with Crippen LogP contribution in [0.25, 0.3) is 0 Å². The highest BCUT2D eigenvalue weighted by atomic mass is 79.9. The number of aryl methyl sites for hydroxylation is 3. The molecule has 2 rings (SSSR count). The Morgan fingerprint density at radius 3 is 2.17 bits per heavy atom. The second-order valence-corrected chi connectivity index (χ2v) is 7.29. The SMILES string of the molecule is CCC(CC)Nc1cc(C)nc(Oc2c(C)cc(Br)cc2C)c1C. The average molecular weight is 391 g/mol. The van der Waals surface area contributed by atoms with E-state index in [1.807, 2.05) is 6.92 Å². The molecule has 130 valence electrons. The molecule has 0 fully saturated rings. The van der Waals surface area contributed by atoms with Gasteiger partial charge in [0.15, 0.2) is 0 Å². The molecule has 1 aromatic heterocycles. The van der Waals surface area contributed by atoms with Crippen molar-refractivity contribution in [2.45, 2.75) is 60.4 Å². The molecule has 1 aromatic carbocycles. The minimum absolute atomic E-state index is 0.467. The number of hydrogen-bond acceptors (Lipinski definition) is 3. The number of anilines is 1. The number of aromatic nitrogens is 1. The van der Waals surface area contributed by atoms with Gasteiger partial charge in [0.2, 0.25) is 5.88 Å². The summed E-state index contributed by atoms with van der Waals surface area (Å²) < 4.78 is 7.29. The molecule has 0 unspecified atom stereocenters. The van der Waals surface area contributed by atoms with Crippen LogP contribution in [0.4, 0.5) is 5.69 Å². The van der Waals surface area contributed by atoms with Crippen LogP contribution in [0.5, 0.6) is 11.6 Å². The van der Waals surface area contributed by atoms with E-state index in [4.69, 9.17) is 4.74 Å². The summed E-state index contributed by atoms with van der Waals surface area (Å²) in [7, 11) is 0. The van der Waals surface area contributed by atoms with Crippen LogP contribution in [0.3, 0.4) is 0 Å². The molecule has 0 aliphatic carbocycles. The van der Waals surface area contributed by atoms with E-state index in [-0.39, 0.29) is 0 Å². The number of rotatable bonds is 6. The van der Waals surface area contributed by atoms with Crippen LogP contribution in [-0.4, -0.2) is 11.0 Å². The number of nitrogens with one attached hydrogen (secondary N) is 1. The molecule has 0 bridgehead atoms. The molecule has 0 aliphatic heterocycles. The zero-order valence-electron chi connectivity index (χ0n) is 15.5. The van der Waals surface area contributed by atoms with E-state index in [1.54, 1.807) is 0 Å². The molecule has 0 radical (unpaired) electrons. The molecule has 1 heterocycles. The first-order valence-electron chi connectivity index (χ1n) is 8.55. The van der Waals surface area contributed by atoms with Crippen molar-refractivity contribution in [3.63, 3.8) is 0 Å². The van der Waals surface area contributed by atoms with Gasteiger partial charge < -0.3 is 10.1 Å². The predicted octanol–water partition coefficient (Wildman–Crippen LogP) is 6.47. The Kier molecular flexibility index (Phi) is 6.27. The maximum Gasteiger partial charge on any atom is 0.224 e. The molecule has 1 N–H and O–H groups in total. The van der Waals surface area contributed by atoms with Gasteiger partial charge in [0, 0.05) is 27.5 Å². The number of pyridine rings is 1. The van der Waals surface area contributed by atoms with E-state index in [0.717, 1.165) is 51.1 Å². The smallest absolute Gasteiger partial charge is 0.224 e. The predicted molar refractivity (Wildman–Crippen MR) is 105 cm³/mol. The summed E-state index contributed by atoms with van der Waals surface area (Å²) in [5.74, 6) is 1.56. The molecule has 4 heteroatoms. The number of ether oxygens (including phenoxy) is 1. The van der Waals surface area contributed by atoms with Gasteiger partial charge in [-0.2, -0.15) is 0 Å². The van der Waals surface area contributed by atoms with E-state index in [0.29, 0.717) is 11.9 Å². The number of benzene rings is 1. The van der Waals surface area contributed by atoms with Gasteiger partial charge in [-0.1, -0.05) is 29.8 Å². The monoisotopic (exact) mass is 390 g/mol. The van der Waals surface area contributed by atoms with E-state index in [1.165, 1.54) is 0 Å². The first kappa shape index (κ1) is 18.8. The first-order valence-corrected chi connectivity index (χ1v) is 9.34. The van der Waals surface area contributed by atoms with Gasteiger partial charge >= 0.3 is 0 Å². The molecule has 0 amide bonds. The Balaban J connectivity index is 2.39. The van der Waals surface area contributed by atoms with Crippen LogP contribution in [0.1, 0.15) is 49.1 Å². The van der Waals surface area contributed by atoms with Gasteiger partial charge in [-0.05, 0) is 69.9 Å². The van der Waals surface area contributed by atoms with Crippen LogP contribution in [0.15, 0.2) is 22.7 Å². The molecule has 2 aromatic rings. The molecule has 0 saturated carbocycles. The summed E-state index contributed by atoms with van der Waals surface area (Å²) in [6.07, 6.45) is 2.19. The summed E-state index contributed by atoms with van der Waals surface area (Å²) in [6.45, 7) is 12.6. The van der Waals surface area contributed by atoms with Crippen LogP contribution in [-0.2, 0) is 0 Å². The highest BCUT2D eigenvalue weighted by Gasteiger charge is 2.14. The number of nitrogens with zero attached hydrogens (tertiary/aromatic N) is 1. The maximum atomic E-state index is 6.22. The highest BCUT2D eigenvalue weighted by molar-refractivity contribution is 9.10. The van der Waals surface area contributed by atoms with Crippen molar-refractivity contribution in [2.75, 3.05) is 5.32 Å². The van der Waals surface area contributed by atoms with Crippen LogP contribution >= 0.6 is 15.9 Å². The van der Waals surface area contributed by atoms with Gasteiger partial charge in [-0.15, -0.1) is 0 Å². The lowest BCUT2D eigenvalue weighted by Crippen LogP contribution is -2.18. The van der Waals surface area contributed by atoms with E-state index in [2.05, 4.69) is 79.0 Å². The van der Waals surface area contributed by atoms with Crippen LogP contribution < -0.4 is 10.1 Å². The molecule has 0 saturated heterocycles. The van der Waals surface area contributed by atoms with Crippen molar-refractivity contribution in [1.29, 1.82) is 0 Å². The highest BCUT2D eigenvalue weighted by Crippen LogP contribution is 2.34. The van der Waals surface area contributed by atoms with Crippen LogP contribution in [0.2, 0.25) is 0 Å². The zero-order valence-corrected chi connectivity index (χ0v) is 17.0. The topological polar surface area (TPSA) is 34.2 Å². The third-order valence-corrected chi connectivity index (χ3v) is 4.78. The first-order chi connectivity index (χ1) is 11.3. The van der Waals surface area contributed by atoms with Gasteiger partial charge in [-0.3, -0.25) is 0 Å². The summed E-state index contributed by atoms with van der Waals surface area (Å²) in [6, 6.07) is 6.70. The number of halogens is 1. The third-order valence-electron chi connectivity index (χ3n) is 4.32. The molecule has 24 heavy (non-hydrogen) atoms.